The van der Waals surface area contributed by atoms with Gasteiger partial charge in [-0.25, -0.2) is 0 Å². The maximum atomic E-state index is 12.5. The van der Waals surface area contributed by atoms with Crippen LogP contribution in [0.1, 0.15) is 46.0 Å². The fourth-order valence-electron chi connectivity index (χ4n) is 4.37. The van der Waals surface area contributed by atoms with Crippen LogP contribution in [0, 0.1) is 17.8 Å². The van der Waals surface area contributed by atoms with Crippen molar-refractivity contribution in [1.82, 2.24) is 9.80 Å². The van der Waals surface area contributed by atoms with Gasteiger partial charge < -0.3 is 9.80 Å². The summed E-state index contributed by atoms with van der Waals surface area (Å²) in [5.41, 5.74) is 0. The first kappa shape index (κ1) is 13.4. The molecule has 3 heteroatoms. The minimum Gasteiger partial charge on any atom is -0.342 e. The standard InChI is InChI=1S/C16H28N2O/c1-3-17(4-2)15-5-7-18(8-6-15)16(19)14-10-12-9-13(12)11-14/h12-15H,3-11H2,1-2H3. The van der Waals surface area contributed by atoms with Crippen LogP contribution >= 0.6 is 0 Å². The monoisotopic (exact) mass is 264 g/mol. The Balaban J connectivity index is 1.48. The molecule has 108 valence electrons. The molecule has 2 unspecified atom stereocenters. The van der Waals surface area contributed by atoms with E-state index in [4.69, 9.17) is 0 Å². The Bertz CT molecular complexity index is 322. The zero-order valence-corrected chi connectivity index (χ0v) is 12.5. The lowest BCUT2D eigenvalue weighted by Gasteiger charge is -2.38. The van der Waals surface area contributed by atoms with Crippen LogP contribution in [0.25, 0.3) is 0 Å². The molecule has 3 nitrogen and oxygen atoms in total. The van der Waals surface area contributed by atoms with Gasteiger partial charge in [0.2, 0.25) is 5.91 Å². The van der Waals surface area contributed by atoms with Crippen LogP contribution in [0.3, 0.4) is 0 Å². The van der Waals surface area contributed by atoms with Crippen molar-refractivity contribution >= 4 is 5.91 Å². The van der Waals surface area contributed by atoms with Gasteiger partial charge in [0.15, 0.2) is 0 Å². The van der Waals surface area contributed by atoms with Gasteiger partial charge in [-0.3, -0.25) is 4.79 Å². The number of hydrogen-bond donors (Lipinski definition) is 0. The second-order valence-electron chi connectivity index (χ2n) is 6.70. The van der Waals surface area contributed by atoms with Crippen molar-refractivity contribution in [2.75, 3.05) is 26.2 Å². The van der Waals surface area contributed by atoms with Crippen molar-refractivity contribution in [3.05, 3.63) is 0 Å². The van der Waals surface area contributed by atoms with Crippen molar-refractivity contribution in [2.45, 2.75) is 52.0 Å². The lowest BCUT2D eigenvalue weighted by molar-refractivity contribution is -0.137. The first-order valence-corrected chi connectivity index (χ1v) is 8.25. The number of fused-ring (bicyclic) bond motifs is 1. The molecule has 2 atom stereocenters. The summed E-state index contributed by atoms with van der Waals surface area (Å²) in [5, 5.41) is 0. The smallest absolute Gasteiger partial charge is 0.225 e. The van der Waals surface area contributed by atoms with Crippen molar-refractivity contribution < 1.29 is 4.79 Å². The Hall–Kier alpha value is -0.570. The highest BCUT2D eigenvalue weighted by atomic mass is 16.2. The molecule has 0 radical (unpaired) electrons. The fraction of sp³-hybridized carbons (Fsp3) is 0.938. The molecule has 2 saturated carbocycles. The summed E-state index contributed by atoms with van der Waals surface area (Å²) < 4.78 is 0. The molecule has 1 aliphatic heterocycles. The molecular formula is C16H28N2O. The van der Waals surface area contributed by atoms with E-state index in [0.29, 0.717) is 17.9 Å². The SMILES string of the molecule is CCN(CC)C1CCN(C(=O)C2CC3CC3C2)CC1. The number of likely N-dealkylation sites (tertiary alicyclic amines) is 1. The third-order valence-corrected chi connectivity index (χ3v) is 5.70. The molecule has 3 rings (SSSR count). The van der Waals surface area contributed by atoms with Gasteiger partial charge in [-0.15, -0.1) is 0 Å². The summed E-state index contributed by atoms with van der Waals surface area (Å²) in [6, 6.07) is 0.705. The van der Waals surface area contributed by atoms with E-state index in [2.05, 4.69) is 23.6 Å². The van der Waals surface area contributed by atoms with E-state index in [9.17, 15) is 4.79 Å². The van der Waals surface area contributed by atoms with E-state index < -0.39 is 0 Å². The number of carbonyl (C=O) groups excluding carboxylic acids is 1. The zero-order chi connectivity index (χ0) is 13.4. The number of hydrogen-bond acceptors (Lipinski definition) is 2. The van der Waals surface area contributed by atoms with Gasteiger partial charge in [0.05, 0.1) is 0 Å². The van der Waals surface area contributed by atoms with Crippen LogP contribution in [0.15, 0.2) is 0 Å². The number of piperidine rings is 1. The Morgan fingerprint density at radius 2 is 1.63 bits per heavy atom. The molecule has 0 N–H and O–H groups in total. The van der Waals surface area contributed by atoms with Crippen molar-refractivity contribution in [3.63, 3.8) is 0 Å². The van der Waals surface area contributed by atoms with Gasteiger partial charge in [-0.1, -0.05) is 13.8 Å². The zero-order valence-electron chi connectivity index (χ0n) is 12.5. The molecule has 0 aromatic heterocycles. The number of rotatable bonds is 4. The molecule has 0 aromatic rings. The van der Waals surface area contributed by atoms with Crippen LogP contribution in [0.4, 0.5) is 0 Å². The predicted molar refractivity (Wildman–Crippen MR) is 76.8 cm³/mol. The minimum absolute atomic E-state index is 0.383. The maximum Gasteiger partial charge on any atom is 0.225 e. The third kappa shape index (κ3) is 2.67. The highest BCUT2D eigenvalue weighted by Gasteiger charge is 2.48. The van der Waals surface area contributed by atoms with Crippen molar-refractivity contribution in [2.24, 2.45) is 17.8 Å². The van der Waals surface area contributed by atoms with Crippen LogP contribution in [0.5, 0.6) is 0 Å². The molecule has 0 bridgehead atoms. The molecule has 1 amide bonds. The lowest BCUT2D eigenvalue weighted by Crippen LogP contribution is -2.48. The van der Waals surface area contributed by atoms with Gasteiger partial charge in [-0.05, 0) is 57.0 Å². The summed E-state index contributed by atoms with van der Waals surface area (Å²) in [5.74, 6) is 2.70. The molecular weight excluding hydrogens is 236 g/mol. The van der Waals surface area contributed by atoms with Gasteiger partial charge in [0.1, 0.15) is 0 Å². The summed E-state index contributed by atoms with van der Waals surface area (Å²) >= 11 is 0. The highest BCUT2D eigenvalue weighted by molar-refractivity contribution is 5.79. The van der Waals surface area contributed by atoms with Gasteiger partial charge >= 0.3 is 0 Å². The van der Waals surface area contributed by atoms with Gasteiger partial charge in [0, 0.05) is 25.0 Å². The van der Waals surface area contributed by atoms with Crippen LogP contribution in [0.2, 0.25) is 0 Å². The Labute approximate surface area is 117 Å². The normalized spacial score (nSPS) is 34.7. The fourth-order valence-corrected chi connectivity index (χ4v) is 4.37. The van der Waals surface area contributed by atoms with E-state index in [1.807, 2.05) is 0 Å². The number of amides is 1. The second kappa shape index (κ2) is 5.43. The van der Waals surface area contributed by atoms with Crippen LogP contribution in [-0.2, 0) is 4.79 Å². The molecule has 1 heterocycles. The topological polar surface area (TPSA) is 23.6 Å². The summed E-state index contributed by atoms with van der Waals surface area (Å²) in [4.78, 5) is 17.2. The van der Waals surface area contributed by atoms with Crippen molar-refractivity contribution in [1.29, 1.82) is 0 Å². The molecule has 0 spiro atoms. The number of carbonyl (C=O) groups is 1. The van der Waals surface area contributed by atoms with Crippen LogP contribution in [-0.4, -0.2) is 47.9 Å². The first-order valence-electron chi connectivity index (χ1n) is 8.25. The summed E-state index contributed by atoms with van der Waals surface area (Å²) in [6.45, 7) is 8.75. The molecule has 19 heavy (non-hydrogen) atoms. The molecule has 0 aromatic carbocycles. The van der Waals surface area contributed by atoms with Crippen molar-refractivity contribution in [3.8, 4) is 0 Å². The average molecular weight is 264 g/mol. The first-order chi connectivity index (χ1) is 9.22. The summed E-state index contributed by atoms with van der Waals surface area (Å²) in [6.07, 6.45) is 6.15. The molecule has 3 fully saturated rings. The molecule has 1 saturated heterocycles. The van der Waals surface area contributed by atoms with Crippen LogP contribution < -0.4 is 0 Å². The quantitative estimate of drug-likeness (QED) is 0.778. The summed E-state index contributed by atoms with van der Waals surface area (Å²) in [7, 11) is 0. The van der Waals surface area contributed by atoms with E-state index in [0.717, 1.165) is 38.0 Å². The van der Waals surface area contributed by atoms with Gasteiger partial charge in [-0.2, -0.15) is 0 Å². The molecule has 2 aliphatic carbocycles. The van der Waals surface area contributed by atoms with E-state index in [-0.39, 0.29) is 0 Å². The Morgan fingerprint density at radius 3 is 2.16 bits per heavy atom. The third-order valence-electron chi connectivity index (χ3n) is 5.70. The number of nitrogens with zero attached hydrogens (tertiary/aromatic N) is 2. The Morgan fingerprint density at radius 1 is 1.05 bits per heavy atom. The van der Waals surface area contributed by atoms with Gasteiger partial charge in [0.25, 0.3) is 0 Å². The lowest BCUT2D eigenvalue weighted by atomic mass is 9.98. The average Bonchev–Trinajstić information content (AvgIpc) is 3.06. The predicted octanol–water partition coefficient (Wildman–Crippen LogP) is 2.37. The Kier molecular flexibility index (Phi) is 3.84. The largest absolute Gasteiger partial charge is 0.342 e. The minimum atomic E-state index is 0.383. The van der Waals surface area contributed by atoms with E-state index in [1.165, 1.54) is 32.1 Å². The maximum absolute atomic E-state index is 12.5. The van der Waals surface area contributed by atoms with E-state index in [1.54, 1.807) is 0 Å². The molecule has 3 aliphatic rings. The highest BCUT2D eigenvalue weighted by Crippen LogP contribution is 2.54. The van der Waals surface area contributed by atoms with E-state index >= 15 is 0 Å². The second-order valence-corrected chi connectivity index (χ2v) is 6.70.